The lowest BCUT2D eigenvalue weighted by Crippen LogP contribution is -2.55. The zero-order valence-electron chi connectivity index (χ0n) is 7.83. The first-order valence-electron chi connectivity index (χ1n) is 4.30. The Morgan fingerprint density at radius 1 is 1.36 bits per heavy atom. The Balaban J connectivity index is 4.40. The van der Waals surface area contributed by atoms with Crippen molar-refractivity contribution in [3.63, 3.8) is 0 Å². The van der Waals surface area contributed by atoms with Crippen LogP contribution in [0.2, 0.25) is 0 Å². The average molecular weight is 267 g/mol. The van der Waals surface area contributed by atoms with Crippen LogP contribution in [0.25, 0.3) is 0 Å². The highest BCUT2D eigenvalue weighted by atomic mass is 79.9. The van der Waals surface area contributed by atoms with Gasteiger partial charge in [0.15, 0.2) is 11.3 Å². The van der Waals surface area contributed by atoms with E-state index in [-0.39, 0.29) is 11.8 Å². The van der Waals surface area contributed by atoms with Crippen molar-refractivity contribution < 1.29 is 14.7 Å². The molecular formula is C8H15BrN2O3. The van der Waals surface area contributed by atoms with Gasteiger partial charge >= 0.3 is 5.97 Å². The second kappa shape index (κ2) is 6.10. The van der Waals surface area contributed by atoms with Crippen molar-refractivity contribution in [1.29, 1.82) is 0 Å². The summed E-state index contributed by atoms with van der Waals surface area (Å²) in [5, 5.41) is 8.79. The van der Waals surface area contributed by atoms with Crippen LogP contribution in [0.3, 0.4) is 0 Å². The van der Waals surface area contributed by atoms with Gasteiger partial charge in [0.25, 0.3) is 0 Å². The highest BCUT2D eigenvalue weighted by Crippen LogP contribution is 2.14. The van der Waals surface area contributed by atoms with Gasteiger partial charge in [-0.15, -0.1) is 0 Å². The lowest BCUT2D eigenvalue weighted by Gasteiger charge is -2.21. The van der Waals surface area contributed by atoms with Gasteiger partial charge in [-0.2, -0.15) is 0 Å². The molecule has 5 N–H and O–H groups in total. The number of alkyl halides is 1. The van der Waals surface area contributed by atoms with Crippen molar-refractivity contribution in [1.82, 2.24) is 0 Å². The van der Waals surface area contributed by atoms with Crippen LogP contribution in [0.15, 0.2) is 0 Å². The molecule has 0 aromatic rings. The lowest BCUT2D eigenvalue weighted by atomic mass is 9.90. The summed E-state index contributed by atoms with van der Waals surface area (Å²) in [6.45, 7) is 0.470. The van der Waals surface area contributed by atoms with E-state index in [4.69, 9.17) is 16.6 Å². The lowest BCUT2D eigenvalue weighted by molar-refractivity contribution is -0.147. The summed E-state index contributed by atoms with van der Waals surface area (Å²) < 4.78 is 0. The van der Waals surface area contributed by atoms with Crippen molar-refractivity contribution in [2.24, 2.45) is 11.5 Å². The highest BCUT2D eigenvalue weighted by Gasteiger charge is 2.40. The third-order valence-electron chi connectivity index (χ3n) is 2.03. The monoisotopic (exact) mass is 266 g/mol. The van der Waals surface area contributed by atoms with Gasteiger partial charge in [0.2, 0.25) is 0 Å². The Kier molecular flexibility index (Phi) is 5.90. The number of aliphatic carboxylic acids is 1. The maximum absolute atomic E-state index is 11.3. The first kappa shape index (κ1) is 13.5. The zero-order chi connectivity index (χ0) is 11.2. The quantitative estimate of drug-likeness (QED) is 0.338. The number of hydrogen-bond acceptors (Lipinski definition) is 4. The van der Waals surface area contributed by atoms with Crippen LogP contribution < -0.4 is 11.5 Å². The predicted molar refractivity (Wildman–Crippen MR) is 56.3 cm³/mol. The summed E-state index contributed by atoms with van der Waals surface area (Å²) in [4.78, 5) is 22.1. The van der Waals surface area contributed by atoms with Gasteiger partial charge in [0.1, 0.15) is 0 Å². The molecule has 14 heavy (non-hydrogen) atoms. The maximum atomic E-state index is 11.3. The fourth-order valence-corrected chi connectivity index (χ4v) is 1.53. The number of ketones is 1. The van der Waals surface area contributed by atoms with Crippen molar-refractivity contribution in [3.05, 3.63) is 0 Å². The smallest absolute Gasteiger partial charge is 0.331 e. The Morgan fingerprint density at radius 2 is 1.93 bits per heavy atom. The third kappa shape index (κ3) is 3.36. The van der Waals surface area contributed by atoms with Crippen LogP contribution in [-0.2, 0) is 9.59 Å². The number of carboxylic acids is 1. The Bertz CT molecular complexity index is 223. The van der Waals surface area contributed by atoms with E-state index in [1.54, 1.807) is 0 Å². The first-order chi connectivity index (χ1) is 6.49. The van der Waals surface area contributed by atoms with Crippen molar-refractivity contribution in [2.75, 3.05) is 11.9 Å². The molecule has 0 fully saturated rings. The van der Waals surface area contributed by atoms with Crippen LogP contribution in [0.4, 0.5) is 0 Å². The van der Waals surface area contributed by atoms with E-state index in [2.05, 4.69) is 15.9 Å². The normalized spacial score (nSPS) is 14.8. The number of rotatable bonds is 7. The van der Waals surface area contributed by atoms with Crippen molar-refractivity contribution in [3.8, 4) is 0 Å². The van der Waals surface area contributed by atoms with Gasteiger partial charge in [-0.3, -0.25) is 4.79 Å². The number of carbonyl (C=O) groups is 2. The van der Waals surface area contributed by atoms with E-state index in [1.165, 1.54) is 0 Å². The number of Topliss-reactive ketones (excluding diaryl/α,β-unsaturated/α-hetero) is 1. The SMILES string of the molecule is NCCCC[C@](N)(C(=O)O)C(=O)CBr. The second-order valence-corrected chi connectivity index (χ2v) is 3.64. The first-order valence-corrected chi connectivity index (χ1v) is 5.42. The molecule has 0 saturated carbocycles. The Labute approximate surface area is 91.0 Å². The molecular weight excluding hydrogens is 252 g/mol. The number of halogens is 1. The molecule has 0 spiro atoms. The molecule has 6 heteroatoms. The number of carboxylic acid groups (broad SMARTS) is 1. The summed E-state index contributed by atoms with van der Waals surface area (Å²) in [7, 11) is 0. The molecule has 0 amide bonds. The summed E-state index contributed by atoms with van der Waals surface area (Å²) >= 11 is 2.91. The van der Waals surface area contributed by atoms with E-state index in [1.807, 2.05) is 0 Å². The molecule has 0 aliphatic rings. The minimum Gasteiger partial charge on any atom is -0.480 e. The molecule has 0 radical (unpaired) electrons. The van der Waals surface area contributed by atoms with Crippen LogP contribution >= 0.6 is 15.9 Å². The van der Waals surface area contributed by atoms with Crippen LogP contribution in [0.1, 0.15) is 19.3 Å². The number of hydrogen-bond donors (Lipinski definition) is 3. The fraction of sp³-hybridized carbons (Fsp3) is 0.750. The Hall–Kier alpha value is -0.460. The molecule has 0 aliphatic carbocycles. The minimum absolute atomic E-state index is 0.0432. The molecule has 0 aromatic heterocycles. The summed E-state index contributed by atoms with van der Waals surface area (Å²) in [5.41, 5.74) is 9.01. The maximum Gasteiger partial charge on any atom is 0.331 e. The fourth-order valence-electron chi connectivity index (χ4n) is 1.03. The standard InChI is InChI=1S/C8H15BrN2O3/c9-5-6(12)8(11,7(13)14)3-1-2-4-10/h1-5,10-11H2,(H,13,14)/t8-/m1/s1. The second-order valence-electron chi connectivity index (χ2n) is 3.08. The van der Waals surface area contributed by atoms with E-state index in [0.717, 1.165) is 0 Å². The molecule has 0 aromatic carbocycles. The largest absolute Gasteiger partial charge is 0.480 e. The van der Waals surface area contributed by atoms with Crippen molar-refractivity contribution in [2.45, 2.75) is 24.8 Å². The van der Waals surface area contributed by atoms with Crippen LogP contribution in [0.5, 0.6) is 0 Å². The number of carbonyl (C=O) groups excluding carboxylic acids is 1. The van der Waals surface area contributed by atoms with Crippen LogP contribution in [-0.4, -0.2) is 34.3 Å². The van der Waals surface area contributed by atoms with Gasteiger partial charge in [0.05, 0.1) is 5.33 Å². The molecule has 0 aliphatic heterocycles. The van der Waals surface area contributed by atoms with Gasteiger partial charge in [-0.05, 0) is 25.8 Å². The average Bonchev–Trinajstić information content (AvgIpc) is 2.16. The van der Waals surface area contributed by atoms with Gasteiger partial charge in [-0.1, -0.05) is 15.9 Å². The molecule has 0 saturated heterocycles. The molecule has 0 unspecified atom stereocenters. The predicted octanol–water partition coefficient (Wildman–Crippen LogP) is -0.138. The Morgan fingerprint density at radius 3 is 2.29 bits per heavy atom. The third-order valence-corrected chi connectivity index (χ3v) is 2.54. The zero-order valence-corrected chi connectivity index (χ0v) is 9.42. The summed E-state index contributed by atoms with van der Waals surface area (Å²) in [6.07, 6.45) is 1.34. The van der Waals surface area contributed by atoms with Crippen molar-refractivity contribution >= 4 is 27.7 Å². The van der Waals surface area contributed by atoms with E-state index < -0.39 is 17.3 Å². The van der Waals surface area contributed by atoms with E-state index >= 15 is 0 Å². The van der Waals surface area contributed by atoms with Gasteiger partial charge in [-0.25, -0.2) is 4.79 Å². The minimum atomic E-state index is -1.77. The summed E-state index contributed by atoms with van der Waals surface area (Å²) in [6, 6.07) is 0. The molecule has 0 heterocycles. The molecule has 0 rings (SSSR count). The van der Waals surface area contributed by atoms with Crippen LogP contribution in [0, 0.1) is 0 Å². The highest BCUT2D eigenvalue weighted by molar-refractivity contribution is 9.09. The topological polar surface area (TPSA) is 106 Å². The van der Waals surface area contributed by atoms with Gasteiger partial charge < -0.3 is 16.6 Å². The molecule has 1 atom stereocenters. The molecule has 0 bridgehead atoms. The molecule has 82 valence electrons. The summed E-state index contributed by atoms with van der Waals surface area (Å²) in [5.74, 6) is -1.79. The molecule has 5 nitrogen and oxygen atoms in total. The number of unbranched alkanes of at least 4 members (excludes halogenated alkanes) is 1. The van der Waals surface area contributed by atoms with E-state index in [9.17, 15) is 9.59 Å². The van der Waals surface area contributed by atoms with E-state index in [0.29, 0.717) is 19.4 Å². The number of nitrogens with two attached hydrogens (primary N) is 2. The van der Waals surface area contributed by atoms with Gasteiger partial charge in [0, 0.05) is 0 Å².